The number of hydrogen-bond acceptors (Lipinski definition) is 5. The molecule has 2 aromatic carbocycles. The summed E-state index contributed by atoms with van der Waals surface area (Å²) in [4.78, 5) is 16.3. The number of benzene rings is 2. The molecule has 5 nitrogen and oxygen atoms in total. The molecule has 2 aromatic heterocycles. The van der Waals surface area contributed by atoms with Crippen LogP contribution in [-0.4, -0.2) is 10.1 Å². The molecule has 0 aliphatic heterocycles. The van der Waals surface area contributed by atoms with Gasteiger partial charge >= 0.3 is 5.63 Å². The van der Waals surface area contributed by atoms with E-state index in [1.165, 1.54) is 0 Å². The SMILES string of the molecule is O=c1oc2c(CNCc3ccncc3)c(O)ccc2c2ccccc12. The Morgan fingerprint density at radius 3 is 2.48 bits per heavy atom. The Kier molecular flexibility index (Phi) is 3.91. The first kappa shape index (κ1) is 15.4. The van der Waals surface area contributed by atoms with Crippen LogP contribution in [0.1, 0.15) is 11.1 Å². The standard InChI is InChI=1S/C20H16N2O3/c23-18-6-5-15-14-3-1-2-4-16(14)20(24)25-19(15)17(18)12-22-11-13-7-9-21-10-8-13/h1-10,22-23H,11-12H2. The molecule has 0 amide bonds. The molecule has 0 saturated heterocycles. The van der Waals surface area contributed by atoms with Gasteiger partial charge in [0.15, 0.2) is 0 Å². The molecule has 0 aliphatic rings. The van der Waals surface area contributed by atoms with Gasteiger partial charge in [0.05, 0.1) is 10.9 Å². The average Bonchev–Trinajstić information content (AvgIpc) is 2.65. The van der Waals surface area contributed by atoms with Crippen molar-refractivity contribution in [1.82, 2.24) is 10.3 Å². The molecule has 0 radical (unpaired) electrons. The lowest BCUT2D eigenvalue weighted by molar-refractivity contribution is 0.461. The smallest absolute Gasteiger partial charge is 0.344 e. The molecule has 4 rings (SSSR count). The summed E-state index contributed by atoms with van der Waals surface area (Å²) in [6.45, 7) is 1.00. The fourth-order valence-corrected chi connectivity index (χ4v) is 2.99. The van der Waals surface area contributed by atoms with Gasteiger partial charge in [-0.3, -0.25) is 4.98 Å². The summed E-state index contributed by atoms with van der Waals surface area (Å²) >= 11 is 0. The van der Waals surface area contributed by atoms with Gasteiger partial charge < -0.3 is 14.8 Å². The number of phenolic OH excluding ortho intramolecular Hbond substituents is 1. The zero-order valence-corrected chi connectivity index (χ0v) is 13.4. The van der Waals surface area contributed by atoms with E-state index in [2.05, 4.69) is 10.3 Å². The molecule has 4 aromatic rings. The van der Waals surface area contributed by atoms with Crippen molar-refractivity contribution >= 4 is 21.7 Å². The van der Waals surface area contributed by atoms with Crippen molar-refractivity contribution in [3.8, 4) is 5.75 Å². The molecule has 0 bridgehead atoms. The summed E-state index contributed by atoms with van der Waals surface area (Å²) in [6.07, 6.45) is 3.47. The topological polar surface area (TPSA) is 75.4 Å². The van der Waals surface area contributed by atoms with E-state index in [-0.39, 0.29) is 5.75 Å². The molecule has 0 saturated carbocycles. The maximum absolute atomic E-state index is 12.3. The van der Waals surface area contributed by atoms with Crippen LogP contribution in [-0.2, 0) is 13.1 Å². The third-order valence-corrected chi connectivity index (χ3v) is 4.25. The van der Waals surface area contributed by atoms with Crippen LogP contribution in [0.5, 0.6) is 5.75 Å². The third-order valence-electron chi connectivity index (χ3n) is 4.25. The van der Waals surface area contributed by atoms with Gasteiger partial charge in [0.2, 0.25) is 0 Å². The summed E-state index contributed by atoms with van der Waals surface area (Å²) in [5.41, 5.74) is 1.69. The number of rotatable bonds is 4. The van der Waals surface area contributed by atoms with Crippen LogP contribution in [0.25, 0.3) is 21.7 Å². The molecule has 124 valence electrons. The fourth-order valence-electron chi connectivity index (χ4n) is 2.99. The van der Waals surface area contributed by atoms with E-state index in [0.29, 0.717) is 29.6 Å². The van der Waals surface area contributed by atoms with Gasteiger partial charge in [-0.2, -0.15) is 0 Å². The number of nitrogens with zero attached hydrogens (tertiary/aromatic N) is 1. The number of fused-ring (bicyclic) bond motifs is 3. The van der Waals surface area contributed by atoms with Gasteiger partial charge in [-0.1, -0.05) is 18.2 Å². The molecule has 0 unspecified atom stereocenters. The van der Waals surface area contributed by atoms with E-state index in [4.69, 9.17) is 4.42 Å². The molecule has 0 atom stereocenters. The van der Waals surface area contributed by atoms with Gasteiger partial charge in [0.1, 0.15) is 11.3 Å². The highest BCUT2D eigenvalue weighted by molar-refractivity contribution is 6.05. The maximum atomic E-state index is 12.3. The van der Waals surface area contributed by atoms with Gasteiger partial charge in [-0.05, 0) is 41.3 Å². The Labute approximate surface area is 143 Å². The number of nitrogens with one attached hydrogen (secondary N) is 1. The van der Waals surface area contributed by atoms with E-state index < -0.39 is 5.63 Å². The molecular weight excluding hydrogens is 316 g/mol. The van der Waals surface area contributed by atoms with Gasteiger partial charge in [0.25, 0.3) is 0 Å². The zero-order valence-electron chi connectivity index (χ0n) is 13.4. The third kappa shape index (κ3) is 2.86. The van der Waals surface area contributed by atoms with E-state index in [1.807, 2.05) is 30.3 Å². The number of pyridine rings is 1. The highest BCUT2D eigenvalue weighted by Gasteiger charge is 2.13. The number of aromatic nitrogens is 1. The molecule has 5 heteroatoms. The molecular formula is C20H16N2O3. The minimum Gasteiger partial charge on any atom is -0.507 e. The van der Waals surface area contributed by atoms with E-state index in [1.54, 1.807) is 30.6 Å². The highest BCUT2D eigenvalue weighted by atomic mass is 16.4. The number of aromatic hydroxyl groups is 1. The van der Waals surface area contributed by atoms with Crippen LogP contribution in [0.15, 0.2) is 70.1 Å². The predicted octanol–water partition coefficient (Wildman–Crippen LogP) is 3.34. The Morgan fingerprint density at radius 2 is 1.68 bits per heavy atom. The van der Waals surface area contributed by atoms with Crippen LogP contribution >= 0.6 is 0 Å². The molecule has 2 N–H and O–H groups in total. The summed E-state index contributed by atoms with van der Waals surface area (Å²) in [5, 5.41) is 15.7. The van der Waals surface area contributed by atoms with Gasteiger partial charge in [0, 0.05) is 30.9 Å². The quantitative estimate of drug-likeness (QED) is 0.443. The minimum atomic E-state index is -0.399. The van der Waals surface area contributed by atoms with Gasteiger partial charge in [-0.15, -0.1) is 0 Å². The molecule has 25 heavy (non-hydrogen) atoms. The lowest BCUT2D eigenvalue weighted by Gasteiger charge is -2.11. The van der Waals surface area contributed by atoms with Crippen LogP contribution < -0.4 is 10.9 Å². The first-order valence-corrected chi connectivity index (χ1v) is 8.00. The summed E-state index contributed by atoms with van der Waals surface area (Å²) in [5.74, 6) is 0.105. The van der Waals surface area contributed by atoms with Crippen molar-refractivity contribution < 1.29 is 9.52 Å². The zero-order chi connectivity index (χ0) is 17.2. The lowest BCUT2D eigenvalue weighted by atomic mass is 10.0. The Hall–Kier alpha value is -3.18. The largest absolute Gasteiger partial charge is 0.507 e. The summed E-state index contributed by atoms with van der Waals surface area (Å²) < 4.78 is 5.52. The Balaban J connectivity index is 1.75. The summed E-state index contributed by atoms with van der Waals surface area (Å²) in [6, 6.07) is 14.6. The Bertz CT molecular complexity index is 1100. The number of hydrogen-bond donors (Lipinski definition) is 2. The normalized spacial score (nSPS) is 11.2. The maximum Gasteiger partial charge on any atom is 0.344 e. The van der Waals surface area contributed by atoms with Crippen molar-refractivity contribution in [2.24, 2.45) is 0 Å². The minimum absolute atomic E-state index is 0.105. The first-order chi connectivity index (χ1) is 12.2. The van der Waals surface area contributed by atoms with Crippen molar-refractivity contribution in [2.45, 2.75) is 13.1 Å². The van der Waals surface area contributed by atoms with Crippen LogP contribution in [0.3, 0.4) is 0 Å². The second-order valence-electron chi connectivity index (χ2n) is 5.83. The van der Waals surface area contributed by atoms with E-state index in [9.17, 15) is 9.90 Å². The van der Waals surface area contributed by atoms with Crippen LogP contribution in [0.2, 0.25) is 0 Å². The molecule has 0 spiro atoms. The summed E-state index contributed by atoms with van der Waals surface area (Å²) in [7, 11) is 0. The second-order valence-corrected chi connectivity index (χ2v) is 5.83. The Morgan fingerprint density at radius 1 is 0.920 bits per heavy atom. The van der Waals surface area contributed by atoms with Crippen molar-refractivity contribution in [2.75, 3.05) is 0 Å². The highest BCUT2D eigenvalue weighted by Crippen LogP contribution is 2.30. The van der Waals surface area contributed by atoms with Crippen molar-refractivity contribution in [3.05, 3.63) is 82.5 Å². The lowest BCUT2D eigenvalue weighted by Crippen LogP contribution is -2.13. The molecule has 2 heterocycles. The average molecular weight is 332 g/mol. The second kappa shape index (κ2) is 6.37. The molecule has 0 aliphatic carbocycles. The number of phenols is 1. The van der Waals surface area contributed by atoms with E-state index >= 15 is 0 Å². The van der Waals surface area contributed by atoms with Crippen LogP contribution in [0, 0.1) is 0 Å². The first-order valence-electron chi connectivity index (χ1n) is 8.00. The van der Waals surface area contributed by atoms with Crippen LogP contribution in [0.4, 0.5) is 0 Å². The van der Waals surface area contributed by atoms with E-state index in [0.717, 1.165) is 16.3 Å². The predicted molar refractivity (Wildman–Crippen MR) is 96.4 cm³/mol. The van der Waals surface area contributed by atoms with Crippen molar-refractivity contribution in [1.29, 1.82) is 0 Å². The molecule has 0 fully saturated rings. The van der Waals surface area contributed by atoms with Gasteiger partial charge in [-0.25, -0.2) is 4.79 Å². The fraction of sp³-hybridized carbons (Fsp3) is 0.100. The monoisotopic (exact) mass is 332 g/mol. The van der Waals surface area contributed by atoms with Crippen molar-refractivity contribution in [3.63, 3.8) is 0 Å².